The van der Waals surface area contributed by atoms with Crippen LogP contribution in [0.2, 0.25) is 0 Å². The minimum Gasteiger partial charge on any atom is -0.309 e. The minimum absolute atomic E-state index is 0.860. The maximum Gasteiger partial charge on any atom is 0.221 e. The van der Waals surface area contributed by atoms with Gasteiger partial charge in [0.2, 0.25) is 5.78 Å². The Hall–Kier alpha value is -8.61. The lowest BCUT2D eigenvalue weighted by Crippen LogP contribution is -2.27. The van der Waals surface area contributed by atoms with Crippen LogP contribution in [-0.4, -0.2) is 27.7 Å². The summed E-state index contributed by atoms with van der Waals surface area (Å²) in [7, 11) is 0. The Morgan fingerprint density at radius 1 is 0.453 bits per heavy atom. The summed E-state index contributed by atoms with van der Waals surface area (Å²) in [6, 6.07) is 60.6. The number of imidazole rings is 2. The van der Waals surface area contributed by atoms with Crippen molar-refractivity contribution < 1.29 is 0 Å². The maximum atomic E-state index is 5.47. The molecule has 0 spiro atoms. The average Bonchev–Trinajstić information content (AvgIpc) is 4.11. The van der Waals surface area contributed by atoms with E-state index in [2.05, 4.69) is 231 Å². The van der Waals surface area contributed by atoms with Gasteiger partial charge in [0.25, 0.3) is 0 Å². The molecule has 0 aliphatic heterocycles. The number of benzene rings is 7. The molecule has 6 heteroatoms. The second-order valence-corrected chi connectivity index (χ2v) is 16.2. The van der Waals surface area contributed by atoms with Crippen molar-refractivity contribution in [3.63, 3.8) is 0 Å². The molecular formula is C58H42N6. The van der Waals surface area contributed by atoms with Crippen molar-refractivity contribution in [2.24, 2.45) is 0 Å². The van der Waals surface area contributed by atoms with Crippen molar-refractivity contribution in [3.05, 3.63) is 216 Å². The van der Waals surface area contributed by atoms with E-state index in [0.717, 1.165) is 110 Å². The van der Waals surface area contributed by atoms with Crippen LogP contribution in [0, 0.1) is 0 Å². The first kappa shape index (κ1) is 37.2. The number of fused-ring (bicyclic) bond motifs is 9. The molecule has 0 unspecified atom stereocenters. The molecule has 12 aromatic rings. The quantitative estimate of drug-likeness (QED) is 0.158. The molecule has 12 rings (SSSR count). The summed E-state index contributed by atoms with van der Waals surface area (Å²) < 4.78 is 11.6. The molecule has 64 heavy (non-hydrogen) atoms. The normalized spacial score (nSPS) is 12.9. The second-order valence-electron chi connectivity index (χ2n) is 16.2. The molecule has 0 saturated carbocycles. The van der Waals surface area contributed by atoms with Crippen LogP contribution in [0.25, 0.3) is 119 Å². The van der Waals surface area contributed by atoms with Crippen molar-refractivity contribution in [2.75, 3.05) is 0 Å². The third-order valence-corrected chi connectivity index (χ3v) is 12.7. The van der Waals surface area contributed by atoms with Gasteiger partial charge in [-0.25, -0.2) is 4.98 Å². The predicted octanol–water partition coefficient (Wildman–Crippen LogP) is 11.1. The standard InChI is InChI=1S/C58H42N6/c1-5-18-49-38(4)46-24-14-16-26-51(46)60(49)43-31-28-39(29-32-43)40-30-34-53-48(36-40)45(7-3)50(19-6-2)61(53)44-33-35-54-55(37-44)63(42-22-12-9-13-23-42)58-59-56-47-25-15-17-27-52(47)62(57(56)64(54)58)41-20-10-8-11-21-41/h5-37H,1-2,4H2,3H3/b45-7-,49-18+,50-19+. The van der Waals surface area contributed by atoms with Gasteiger partial charge in [-0.15, -0.1) is 0 Å². The molecular weight excluding hydrogens is 781 g/mol. The van der Waals surface area contributed by atoms with Crippen LogP contribution in [0.15, 0.2) is 195 Å². The Morgan fingerprint density at radius 2 is 1.00 bits per heavy atom. The van der Waals surface area contributed by atoms with Crippen LogP contribution >= 0.6 is 0 Å². The van der Waals surface area contributed by atoms with E-state index >= 15 is 0 Å². The SMILES string of the molecule is C=C/C=c1\c(=C)c2ccccc2n1-c1ccc(-c2ccc3c(c2)c(=C/C)/c(=C\C=C)n3-c2ccc3c(c2)n(-c2ccccc2)c2nc4c5ccccc5n(-c5ccccc5)c4n32)cc1. The molecule has 6 nitrogen and oxygen atoms in total. The largest absolute Gasteiger partial charge is 0.309 e. The van der Waals surface area contributed by atoms with Gasteiger partial charge in [-0.05, 0) is 109 Å². The first-order valence-corrected chi connectivity index (χ1v) is 21.6. The monoisotopic (exact) mass is 822 g/mol. The Bertz CT molecular complexity index is 4120. The van der Waals surface area contributed by atoms with E-state index in [4.69, 9.17) is 4.98 Å². The molecule has 0 atom stereocenters. The zero-order valence-corrected chi connectivity index (χ0v) is 35.4. The summed E-state index contributed by atoms with van der Waals surface area (Å²) in [6.07, 6.45) is 10.1. The molecule has 0 radical (unpaired) electrons. The Morgan fingerprint density at radius 3 is 1.70 bits per heavy atom. The number of hydrogen-bond donors (Lipinski definition) is 0. The Balaban J connectivity index is 1.06. The van der Waals surface area contributed by atoms with Crippen LogP contribution in [0.5, 0.6) is 0 Å². The van der Waals surface area contributed by atoms with Crippen molar-refractivity contribution in [1.29, 1.82) is 0 Å². The molecule has 0 aliphatic carbocycles. The highest BCUT2D eigenvalue weighted by Crippen LogP contribution is 2.37. The fourth-order valence-corrected chi connectivity index (χ4v) is 10.0. The highest BCUT2D eigenvalue weighted by molar-refractivity contribution is 6.09. The van der Waals surface area contributed by atoms with E-state index in [1.807, 2.05) is 18.2 Å². The summed E-state index contributed by atoms with van der Waals surface area (Å²) in [6.45, 7) is 14.7. The van der Waals surface area contributed by atoms with Gasteiger partial charge in [-0.3, -0.25) is 13.5 Å². The third-order valence-electron chi connectivity index (χ3n) is 12.7. The first-order chi connectivity index (χ1) is 31.6. The number of allylic oxidation sites excluding steroid dienone is 2. The van der Waals surface area contributed by atoms with E-state index in [1.54, 1.807) is 0 Å². The molecule has 0 saturated heterocycles. The zero-order chi connectivity index (χ0) is 43.1. The van der Waals surface area contributed by atoms with E-state index in [9.17, 15) is 0 Å². The van der Waals surface area contributed by atoms with Crippen molar-refractivity contribution in [1.82, 2.24) is 27.7 Å². The second kappa shape index (κ2) is 14.5. The number of para-hydroxylation sites is 4. The predicted molar refractivity (Wildman–Crippen MR) is 269 cm³/mol. The molecule has 0 fully saturated rings. The summed E-state index contributed by atoms with van der Waals surface area (Å²) in [5.41, 5.74) is 14.0. The van der Waals surface area contributed by atoms with Gasteiger partial charge in [0, 0.05) is 49.3 Å². The van der Waals surface area contributed by atoms with E-state index < -0.39 is 0 Å². The molecule has 0 N–H and O–H groups in total. The molecule has 5 aromatic heterocycles. The summed E-state index contributed by atoms with van der Waals surface area (Å²) >= 11 is 0. The van der Waals surface area contributed by atoms with Gasteiger partial charge in [-0.2, -0.15) is 0 Å². The molecule has 7 aromatic carbocycles. The lowest BCUT2D eigenvalue weighted by molar-refractivity contribution is 1.07. The highest BCUT2D eigenvalue weighted by atomic mass is 15.3. The van der Waals surface area contributed by atoms with E-state index in [-0.39, 0.29) is 0 Å². The number of aromatic nitrogens is 6. The fraction of sp³-hybridized carbons (Fsp3) is 0.0172. The lowest BCUT2D eigenvalue weighted by Gasteiger charge is -2.11. The maximum absolute atomic E-state index is 5.47. The Labute approximate surface area is 368 Å². The van der Waals surface area contributed by atoms with Crippen molar-refractivity contribution in [3.8, 4) is 33.9 Å². The first-order valence-electron chi connectivity index (χ1n) is 21.6. The minimum atomic E-state index is 0.860. The summed E-state index contributed by atoms with van der Waals surface area (Å²) in [4.78, 5) is 5.47. The van der Waals surface area contributed by atoms with Crippen LogP contribution in [0.3, 0.4) is 0 Å². The molecule has 0 aliphatic rings. The van der Waals surface area contributed by atoms with Gasteiger partial charge in [0.1, 0.15) is 5.52 Å². The van der Waals surface area contributed by atoms with Crippen LogP contribution in [-0.2, 0) is 0 Å². The topological polar surface area (TPSA) is 37.0 Å². The van der Waals surface area contributed by atoms with Gasteiger partial charge in [-0.1, -0.05) is 129 Å². The average molecular weight is 823 g/mol. The lowest BCUT2D eigenvalue weighted by atomic mass is 10.0. The molecule has 0 amide bonds. The van der Waals surface area contributed by atoms with E-state index in [0.29, 0.717) is 0 Å². The summed E-state index contributed by atoms with van der Waals surface area (Å²) in [5, 5.41) is 7.68. The molecule has 5 heterocycles. The van der Waals surface area contributed by atoms with Gasteiger partial charge >= 0.3 is 0 Å². The van der Waals surface area contributed by atoms with Crippen LogP contribution in [0.1, 0.15) is 6.92 Å². The Kier molecular flexibility index (Phi) is 8.42. The molecule has 304 valence electrons. The smallest absolute Gasteiger partial charge is 0.221 e. The zero-order valence-electron chi connectivity index (χ0n) is 35.4. The summed E-state index contributed by atoms with van der Waals surface area (Å²) in [5.74, 6) is 0.860. The van der Waals surface area contributed by atoms with Crippen molar-refractivity contribution in [2.45, 2.75) is 6.92 Å². The van der Waals surface area contributed by atoms with Crippen molar-refractivity contribution >= 4 is 85.5 Å². The van der Waals surface area contributed by atoms with Crippen LogP contribution < -0.4 is 21.1 Å². The van der Waals surface area contributed by atoms with Gasteiger partial charge in [0.15, 0.2) is 5.65 Å². The van der Waals surface area contributed by atoms with Gasteiger partial charge in [0.05, 0.1) is 38.3 Å². The fourth-order valence-electron chi connectivity index (χ4n) is 10.0. The van der Waals surface area contributed by atoms with E-state index in [1.165, 1.54) is 5.39 Å². The third kappa shape index (κ3) is 5.36. The molecule has 0 bridgehead atoms. The number of rotatable bonds is 7. The van der Waals surface area contributed by atoms with Gasteiger partial charge < -0.3 is 9.13 Å². The highest BCUT2D eigenvalue weighted by Gasteiger charge is 2.24. The number of nitrogens with zero attached hydrogens (tertiary/aromatic N) is 6. The number of hydrogen-bond acceptors (Lipinski definition) is 1. The van der Waals surface area contributed by atoms with Crippen LogP contribution in [0.4, 0.5) is 0 Å².